The first-order chi connectivity index (χ1) is 19.7. The second-order valence-electron chi connectivity index (χ2n) is 11.0. The number of thiophene rings is 2. The van der Waals surface area contributed by atoms with E-state index in [2.05, 4.69) is 80.4 Å². The minimum absolute atomic E-state index is 0.428. The number of unbranched alkanes of at least 4 members (excludes halogenated alkanes) is 2. The Hall–Kier alpha value is -2.51. The van der Waals surface area contributed by atoms with E-state index in [9.17, 15) is 4.79 Å². The zero-order chi connectivity index (χ0) is 28.0. The molecule has 0 aliphatic carbocycles. The normalized spacial score (nSPS) is 14.7. The molecule has 0 fully saturated rings. The van der Waals surface area contributed by atoms with Crippen molar-refractivity contribution < 1.29 is 4.79 Å². The molecule has 4 aromatic heterocycles. The minimum atomic E-state index is 0.428. The molecule has 4 unspecified atom stereocenters. The molecule has 0 aliphatic heterocycles. The van der Waals surface area contributed by atoms with E-state index in [4.69, 9.17) is 0 Å². The molecule has 0 amide bonds. The Labute approximate surface area is 248 Å². The lowest BCUT2D eigenvalue weighted by Crippen LogP contribution is -2.17. The molecule has 4 rings (SSSR count). The number of aromatic nitrogens is 4. The van der Waals surface area contributed by atoms with Gasteiger partial charge in [-0.25, -0.2) is 9.97 Å². The van der Waals surface area contributed by atoms with Crippen LogP contribution in [0.25, 0.3) is 0 Å². The summed E-state index contributed by atoms with van der Waals surface area (Å²) in [4.78, 5) is 24.4. The van der Waals surface area contributed by atoms with Crippen molar-refractivity contribution in [2.24, 2.45) is 0 Å². The van der Waals surface area contributed by atoms with Crippen LogP contribution in [0.5, 0.6) is 0 Å². The van der Waals surface area contributed by atoms with Gasteiger partial charge in [-0.2, -0.15) is 0 Å². The molecule has 4 aromatic rings. The van der Waals surface area contributed by atoms with Crippen LogP contribution in [-0.2, 0) is 4.79 Å². The van der Waals surface area contributed by atoms with E-state index in [0.29, 0.717) is 42.5 Å². The van der Waals surface area contributed by atoms with Crippen molar-refractivity contribution in [3.63, 3.8) is 0 Å². The first-order valence-electron chi connectivity index (χ1n) is 15.2. The zero-order valence-corrected chi connectivity index (χ0v) is 25.9. The quantitative estimate of drug-likeness (QED) is 0.0981. The van der Waals surface area contributed by atoms with Crippen LogP contribution in [0.1, 0.15) is 125 Å². The number of rotatable bonds is 20. The van der Waals surface area contributed by atoms with Crippen molar-refractivity contribution in [3.8, 4) is 0 Å². The Bertz CT molecular complexity index is 1080. The van der Waals surface area contributed by atoms with Crippen LogP contribution in [0.2, 0.25) is 0 Å². The summed E-state index contributed by atoms with van der Waals surface area (Å²) in [7, 11) is 0. The van der Waals surface area contributed by atoms with Gasteiger partial charge in [0.05, 0.1) is 12.7 Å². The van der Waals surface area contributed by atoms with Crippen molar-refractivity contribution in [2.45, 2.75) is 115 Å². The van der Waals surface area contributed by atoms with E-state index in [-0.39, 0.29) is 0 Å². The minimum Gasteiger partial charge on any atom is -0.334 e. The third-order valence-corrected chi connectivity index (χ3v) is 10.2. The molecule has 0 bridgehead atoms. The van der Waals surface area contributed by atoms with Gasteiger partial charge in [0.2, 0.25) is 0 Å². The summed E-state index contributed by atoms with van der Waals surface area (Å²) in [6, 6.07) is 9.74. The van der Waals surface area contributed by atoms with Crippen molar-refractivity contribution in [1.82, 2.24) is 19.1 Å². The highest BCUT2D eigenvalue weighted by atomic mass is 32.1. The van der Waals surface area contributed by atoms with Gasteiger partial charge in [0, 0.05) is 71.3 Å². The van der Waals surface area contributed by atoms with Gasteiger partial charge in [-0.05, 0) is 61.4 Å². The fourth-order valence-electron chi connectivity index (χ4n) is 6.19. The maximum Gasteiger partial charge on any atom is 0.132 e. The van der Waals surface area contributed by atoms with Crippen molar-refractivity contribution in [2.75, 3.05) is 0 Å². The SMILES string of the molecule is CCCC(C(CCCCC(=O)CCCCC(c1cccs1)C(CCC)n1ccnc1)c1cccs1)n1ccnc1. The predicted molar refractivity (Wildman–Crippen MR) is 168 cm³/mol. The number of hydrogen-bond donors (Lipinski definition) is 0. The summed E-state index contributed by atoms with van der Waals surface area (Å²) in [6.45, 7) is 4.52. The van der Waals surface area contributed by atoms with E-state index in [1.54, 1.807) is 0 Å². The summed E-state index contributed by atoms with van der Waals surface area (Å²) in [6.07, 6.45) is 24.3. The molecule has 7 heteroatoms. The number of ketones is 1. The topological polar surface area (TPSA) is 52.7 Å². The van der Waals surface area contributed by atoms with Crippen LogP contribution in [0.4, 0.5) is 0 Å². The van der Waals surface area contributed by atoms with Gasteiger partial charge in [-0.15, -0.1) is 22.7 Å². The van der Waals surface area contributed by atoms with Gasteiger partial charge < -0.3 is 9.13 Å². The lowest BCUT2D eigenvalue weighted by molar-refractivity contribution is -0.119. The summed E-state index contributed by atoms with van der Waals surface area (Å²) in [5.41, 5.74) is 0. The number of hydrogen-bond acceptors (Lipinski definition) is 5. The molecule has 0 saturated heterocycles. The Kier molecular flexibility index (Phi) is 12.7. The molecule has 5 nitrogen and oxygen atoms in total. The van der Waals surface area contributed by atoms with Gasteiger partial charge in [0.25, 0.3) is 0 Å². The predicted octanol–water partition coefficient (Wildman–Crippen LogP) is 9.84. The number of carbonyl (C=O) groups excluding carboxylic acids is 1. The van der Waals surface area contributed by atoms with Crippen molar-refractivity contribution >= 4 is 28.5 Å². The van der Waals surface area contributed by atoms with Crippen LogP contribution < -0.4 is 0 Å². The van der Waals surface area contributed by atoms with Gasteiger partial charge in [0.1, 0.15) is 5.78 Å². The maximum atomic E-state index is 12.8. The average Bonchev–Trinajstić information content (AvgIpc) is 3.79. The molecule has 0 aliphatic rings. The van der Waals surface area contributed by atoms with E-state index in [1.165, 1.54) is 9.75 Å². The first-order valence-corrected chi connectivity index (χ1v) is 17.0. The molecule has 216 valence electrons. The van der Waals surface area contributed by atoms with E-state index in [1.807, 2.05) is 47.7 Å². The largest absolute Gasteiger partial charge is 0.334 e. The molecule has 40 heavy (non-hydrogen) atoms. The fraction of sp³-hybridized carbons (Fsp3) is 0.545. The van der Waals surface area contributed by atoms with Crippen LogP contribution in [0.3, 0.4) is 0 Å². The number of Topliss-reactive ketones (excluding diaryl/α,β-unsaturated/α-hetero) is 1. The average molecular weight is 579 g/mol. The van der Waals surface area contributed by atoms with Crippen molar-refractivity contribution in [1.29, 1.82) is 0 Å². The Morgan fingerprint density at radius 3 is 1.55 bits per heavy atom. The highest BCUT2D eigenvalue weighted by molar-refractivity contribution is 7.10. The van der Waals surface area contributed by atoms with Gasteiger partial charge in [0.15, 0.2) is 0 Å². The van der Waals surface area contributed by atoms with Crippen LogP contribution in [0.15, 0.2) is 72.5 Å². The molecular formula is C33H46N4OS2. The highest BCUT2D eigenvalue weighted by Crippen LogP contribution is 2.40. The molecule has 4 atom stereocenters. The van der Waals surface area contributed by atoms with Crippen LogP contribution >= 0.6 is 22.7 Å². The van der Waals surface area contributed by atoms with Gasteiger partial charge >= 0.3 is 0 Å². The standard InChI is InChI=1S/C33H46N4OS2/c1-3-11-30(36-21-19-34-25-36)28(32-17-9-23-39-32)15-7-5-13-27(38)14-6-8-16-29(33-18-10-24-40-33)31(12-4-2)37-22-20-35-26-37/h9-10,17-26,28-31H,3-8,11-16H2,1-2H3. The Morgan fingerprint density at radius 2 is 1.20 bits per heavy atom. The molecule has 0 aromatic carbocycles. The lowest BCUT2D eigenvalue weighted by Gasteiger charge is -2.28. The molecule has 0 spiro atoms. The smallest absolute Gasteiger partial charge is 0.132 e. The van der Waals surface area contributed by atoms with Crippen molar-refractivity contribution in [3.05, 3.63) is 82.2 Å². The van der Waals surface area contributed by atoms with Gasteiger partial charge in [-0.1, -0.05) is 51.7 Å². The van der Waals surface area contributed by atoms with Crippen LogP contribution in [0, 0.1) is 0 Å². The monoisotopic (exact) mass is 578 g/mol. The molecule has 0 N–H and O–H groups in total. The van der Waals surface area contributed by atoms with E-state index < -0.39 is 0 Å². The molecular weight excluding hydrogens is 533 g/mol. The fourth-order valence-corrected chi connectivity index (χ4v) is 8.03. The number of nitrogens with zero attached hydrogens (tertiary/aromatic N) is 4. The second kappa shape index (κ2) is 16.7. The summed E-state index contributed by atoms with van der Waals surface area (Å²) >= 11 is 3.72. The number of imidazole rings is 2. The molecule has 0 radical (unpaired) electrons. The zero-order valence-electron chi connectivity index (χ0n) is 24.2. The third-order valence-electron chi connectivity index (χ3n) is 8.17. The summed E-state index contributed by atoms with van der Waals surface area (Å²) < 4.78 is 4.58. The lowest BCUT2D eigenvalue weighted by atomic mass is 9.88. The molecule has 4 heterocycles. The summed E-state index contributed by atoms with van der Waals surface area (Å²) in [5.74, 6) is 1.38. The second-order valence-corrected chi connectivity index (χ2v) is 13.0. The van der Waals surface area contributed by atoms with Gasteiger partial charge in [-0.3, -0.25) is 4.79 Å². The Balaban J connectivity index is 1.23. The van der Waals surface area contributed by atoms with E-state index >= 15 is 0 Å². The van der Waals surface area contributed by atoms with Crippen LogP contribution in [-0.4, -0.2) is 24.9 Å². The third kappa shape index (κ3) is 8.74. The molecule has 0 saturated carbocycles. The number of carbonyl (C=O) groups is 1. The maximum absolute atomic E-state index is 12.8. The summed E-state index contributed by atoms with van der Waals surface area (Å²) in [5, 5.41) is 4.37. The first kappa shape index (κ1) is 30.4. The highest BCUT2D eigenvalue weighted by Gasteiger charge is 2.26. The Morgan fingerprint density at radius 1 is 0.725 bits per heavy atom. The van der Waals surface area contributed by atoms with E-state index in [0.717, 1.165) is 64.2 Å².